The van der Waals surface area contributed by atoms with E-state index in [-0.39, 0.29) is 24.0 Å². The molecule has 1 unspecified atom stereocenters. The van der Waals surface area contributed by atoms with Crippen molar-refractivity contribution >= 4 is 21.4 Å². The molecule has 1 fully saturated rings. The molecule has 0 aliphatic carbocycles. The Kier molecular flexibility index (Phi) is 3.89. The molecule has 120 valence electrons. The highest BCUT2D eigenvalue weighted by atomic mass is 32.2. The van der Waals surface area contributed by atoms with Gasteiger partial charge in [0.2, 0.25) is 5.91 Å². The number of rotatable bonds is 3. The number of para-hydroxylation sites is 1. The van der Waals surface area contributed by atoms with Crippen molar-refractivity contribution in [2.75, 3.05) is 29.5 Å². The summed E-state index contributed by atoms with van der Waals surface area (Å²) in [4.78, 5) is 14.4. The van der Waals surface area contributed by atoms with Gasteiger partial charge >= 0.3 is 0 Å². The Balaban J connectivity index is 1.66. The topological polar surface area (TPSA) is 66.5 Å². The quantitative estimate of drug-likeness (QED) is 0.906. The summed E-state index contributed by atoms with van der Waals surface area (Å²) in [6, 6.07) is 8.15. The molecule has 2 aliphatic rings. The SMILES string of the molecule is CC1(NC(=O)CN2CCCc3ccccc32)CCS(=O)(=O)C1. The molecule has 3 rings (SSSR count). The highest BCUT2D eigenvalue weighted by Gasteiger charge is 2.39. The first kappa shape index (κ1) is 15.3. The van der Waals surface area contributed by atoms with E-state index < -0.39 is 15.4 Å². The predicted octanol–water partition coefficient (Wildman–Crippen LogP) is 1.13. The largest absolute Gasteiger partial charge is 0.362 e. The van der Waals surface area contributed by atoms with Crippen LogP contribution in [0.25, 0.3) is 0 Å². The van der Waals surface area contributed by atoms with Crippen molar-refractivity contribution in [2.24, 2.45) is 0 Å². The van der Waals surface area contributed by atoms with Crippen LogP contribution >= 0.6 is 0 Å². The Morgan fingerprint density at radius 1 is 1.36 bits per heavy atom. The third-order valence-electron chi connectivity index (χ3n) is 4.49. The zero-order chi connectivity index (χ0) is 15.8. The number of anilines is 1. The lowest BCUT2D eigenvalue weighted by Crippen LogP contribution is -2.51. The lowest BCUT2D eigenvalue weighted by atomic mass is 10.0. The molecule has 1 atom stereocenters. The van der Waals surface area contributed by atoms with Gasteiger partial charge in [0.25, 0.3) is 0 Å². The van der Waals surface area contributed by atoms with E-state index in [2.05, 4.69) is 16.3 Å². The lowest BCUT2D eigenvalue weighted by Gasteiger charge is -2.32. The molecule has 1 amide bonds. The van der Waals surface area contributed by atoms with Crippen LogP contribution < -0.4 is 10.2 Å². The molecule has 2 heterocycles. The van der Waals surface area contributed by atoms with Crippen LogP contribution in [0.1, 0.15) is 25.3 Å². The van der Waals surface area contributed by atoms with Crippen LogP contribution in [0.3, 0.4) is 0 Å². The minimum absolute atomic E-state index is 0.0440. The number of benzene rings is 1. The first-order chi connectivity index (χ1) is 10.4. The van der Waals surface area contributed by atoms with Crippen LogP contribution in [0.4, 0.5) is 5.69 Å². The van der Waals surface area contributed by atoms with Crippen LogP contribution in [-0.2, 0) is 21.1 Å². The summed E-state index contributed by atoms with van der Waals surface area (Å²) in [5, 5.41) is 2.93. The molecule has 0 bridgehead atoms. The van der Waals surface area contributed by atoms with Gasteiger partial charge in [-0.05, 0) is 37.8 Å². The van der Waals surface area contributed by atoms with Gasteiger partial charge in [0.1, 0.15) is 0 Å². The van der Waals surface area contributed by atoms with E-state index in [1.165, 1.54) is 5.56 Å². The van der Waals surface area contributed by atoms with Gasteiger partial charge in [0.05, 0.1) is 23.6 Å². The van der Waals surface area contributed by atoms with E-state index in [0.717, 1.165) is 25.1 Å². The Hall–Kier alpha value is -1.56. The summed E-state index contributed by atoms with van der Waals surface area (Å²) >= 11 is 0. The summed E-state index contributed by atoms with van der Waals surface area (Å²) < 4.78 is 23.2. The summed E-state index contributed by atoms with van der Waals surface area (Å²) in [7, 11) is -3.01. The molecule has 0 aromatic heterocycles. The standard InChI is InChI=1S/C16H22N2O3S/c1-16(8-10-22(20,21)12-16)17-15(19)11-18-9-4-6-13-5-2-3-7-14(13)18/h2-3,5,7H,4,6,8-12H2,1H3,(H,17,19). The molecule has 0 spiro atoms. The molecule has 22 heavy (non-hydrogen) atoms. The molecular formula is C16H22N2O3S. The maximum absolute atomic E-state index is 12.3. The monoisotopic (exact) mass is 322 g/mol. The summed E-state index contributed by atoms with van der Waals surface area (Å²) in [5.41, 5.74) is 1.77. The van der Waals surface area contributed by atoms with Crippen LogP contribution in [0.15, 0.2) is 24.3 Å². The Morgan fingerprint density at radius 2 is 2.14 bits per heavy atom. The van der Waals surface area contributed by atoms with Gasteiger partial charge < -0.3 is 10.2 Å². The average Bonchev–Trinajstić information content (AvgIpc) is 2.72. The lowest BCUT2D eigenvalue weighted by molar-refractivity contribution is -0.121. The van der Waals surface area contributed by atoms with Gasteiger partial charge in [-0.2, -0.15) is 0 Å². The van der Waals surface area contributed by atoms with E-state index >= 15 is 0 Å². The Morgan fingerprint density at radius 3 is 2.86 bits per heavy atom. The van der Waals surface area contributed by atoms with Crippen molar-refractivity contribution in [2.45, 2.75) is 31.7 Å². The maximum atomic E-state index is 12.3. The normalized spacial score (nSPS) is 26.5. The number of hydrogen-bond donors (Lipinski definition) is 1. The second kappa shape index (κ2) is 5.57. The molecule has 0 radical (unpaired) electrons. The Labute approximate surface area is 131 Å². The molecule has 1 N–H and O–H groups in total. The number of aryl methyl sites for hydroxylation is 1. The highest BCUT2D eigenvalue weighted by Crippen LogP contribution is 2.27. The summed E-state index contributed by atoms with van der Waals surface area (Å²) in [5.74, 6) is 0.106. The van der Waals surface area contributed by atoms with E-state index in [1.807, 2.05) is 25.1 Å². The van der Waals surface area contributed by atoms with Gasteiger partial charge in [-0.1, -0.05) is 18.2 Å². The van der Waals surface area contributed by atoms with Gasteiger partial charge in [-0.3, -0.25) is 4.79 Å². The van der Waals surface area contributed by atoms with E-state index in [0.29, 0.717) is 6.42 Å². The molecule has 6 heteroatoms. The zero-order valence-electron chi connectivity index (χ0n) is 12.8. The molecule has 1 aromatic carbocycles. The summed E-state index contributed by atoms with van der Waals surface area (Å²) in [6.07, 6.45) is 2.58. The highest BCUT2D eigenvalue weighted by molar-refractivity contribution is 7.91. The number of carbonyl (C=O) groups is 1. The van der Waals surface area contributed by atoms with E-state index in [1.54, 1.807) is 0 Å². The van der Waals surface area contributed by atoms with Crippen molar-refractivity contribution in [3.05, 3.63) is 29.8 Å². The second-order valence-corrected chi connectivity index (χ2v) is 8.79. The fourth-order valence-electron chi connectivity index (χ4n) is 3.43. The van der Waals surface area contributed by atoms with Crippen LogP contribution in [0.5, 0.6) is 0 Å². The number of hydrogen-bond acceptors (Lipinski definition) is 4. The number of carbonyl (C=O) groups excluding carboxylic acids is 1. The minimum Gasteiger partial charge on any atom is -0.362 e. The van der Waals surface area contributed by atoms with Crippen molar-refractivity contribution in [3.8, 4) is 0 Å². The molecular weight excluding hydrogens is 300 g/mol. The van der Waals surface area contributed by atoms with Gasteiger partial charge in [0.15, 0.2) is 9.84 Å². The molecule has 1 aromatic rings. The maximum Gasteiger partial charge on any atom is 0.239 e. The fraction of sp³-hybridized carbons (Fsp3) is 0.562. The average molecular weight is 322 g/mol. The van der Waals surface area contributed by atoms with Crippen molar-refractivity contribution < 1.29 is 13.2 Å². The van der Waals surface area contributed by atoms with E-state index in [9.17, 15) is 13.2 Å². The second-order valence-electron chi connectivity index (χ2n) is 6.60. The van der Waals surface area contributed by atoms with Crippen molar-refractivity contribution in [1.29, 1.82) is 0 Å². The van der Waals surface area contributed by atoms with Gasteiger partial charge in [0, 0.05) is 12.2 Å². The first-order valence-electron chi connectivity index (χ1n) is 7.71. The molecule has 0 saturated carbocycles. The van der Waals surface area contributed by atoms with Gasteiger partial charge in [-0.15, -0.1) is 0 Å². The third kappa shape index (κ3) is 3.27. The Bertz CT molecular complexity index is 686. The van der Waals surface area contributed by atoms with Crippen LogP contribution in [-0.4, -0.2) is 44.5 Å². The van der Waals surface area contributed by atoms with Crippen LogP contribution in [0.2, 0.25) is 0 Å². The molecule has 1 saturated heterocycles. The molecule has 5 nitrogen and oxygen atoms in total. The zero-order valence-corrected chi connectivity index (χ0v) is 13.7. The van der Waals surface area contributed by atoms with Crippen molar-refractivity contribution in [3.63, 3.8) is 0 Å². The first-order valence-corrected chi connectivity index (χ1v) is 9.53. The number of nitrogens with zero attached hydrogens (tertiary/aromatic N) is 1. The van der Waals surface area contributed by atoms with E-state index in [4.69, 9.17) is 0 Å². The number of fused-ring (bicyclic) bond motifs is 1. The van der Waals surface area contributed by atoms with Crippen molar-refractivity contribution in [1.82, 2.24) is 5.32 Å². The third-order valence-corrected chi connectivity index (χ3v) is 6.39. The van der Waals surface area contributed by atoms with Gasteiger partial charge in [-0.25, -0.2) is 8.42 Å². The minimum atomic E-state index is -3.01. The predicted molar refractivity (Wildman–Crippen MR) is 86.8 cm³/mol. The summed E-state index contributed by atoms with van der Waals surface area (Å²) in [6.45, 7) is 2.96. The number of nitrogens with one attached hydrogen (secondary N) is 1. The van der Waals surface area contributed by atoms with Crippen LogP contribution in [0, 0.1) is 0 Å². The number of amides is 1. The fourth-order valence-corrected chi connectivity index (χ4v) is 5.53. The molecule has 2 aliphatic heterocycles. The number of sulfone groups is 1. The smallest absolute Gasteiger partial charge is 0.239 e.